The summed E-state index contributed by atoms with van der Waals surface area (Å²) in [4.78, 5) is 13.7. The number of imidazole rings is 1. The predicted molar refractivity (Wildman–Crippen MR) is 118 cm³/mol. The van der Waals surface area contributed by atoms with Crippen LogP contribution < -0.4 is 5.73 Å². The largest absolute Gasteiger partial charge is 0.392 e. The number of nitrogens with zero attached hydrogens (tertiary/aromatic N) is 4. The van der Waals surface area contributed by atoms with Crippen molar-refractivity contribution in [2.45, 2.75) is 6.56 Å². The van der Waals surface area contributed by atoms with Crippen LogP contribution in [-0.2, 0) is 6.56 Å². The molecule has 0 atom stereocenters. The van der Waals surface area contributed by atoms with Crippen molar-refractivity contribution in [3.8, 4) is 28.3 Å². The zero-order chi connectivity index (χ0) is 23.2. The normalized spacial score (nSPS) is 12.6. The summed E-state index contributed by atoms with van der Waals surface area (Å²) in [7, 11) is 0. The Morgan fingerprint density at radius 3 is 2.45 bits per heavy atom. The van der Waals surface area contributed by atoms with Gasteiger partial charge in [-0.1, -0.05) is 12.1 Å². The molecule has 0 aliphatic carbocycles. The van der Waals surface area contributed by atoms with Gasteiger partial charge < -0.3 is 10.8 Å². The first-order valence-corrected chi connectivity index (χ1v) is 9.51. The van der Waals surface area contributed by atoms with E-state index in [4.69, 9.17) is 18.4 Å². The Hall–Kier alpha value is -4.10. The van der Waals surface area contributed by atoms with Crippen LogP contribution in [0.5, 0.6) is 0 Å². The number of nitrogens with two attached hydrogens (primary N) is 1. The summed E-state index contributed by atoms with van der Waals surface area (Å²) in [6, 6.07) is 19.6. The van der Waals surface area contributed by atoms with Gasteiger partial charge >= 0.3 is 0 Å². The van der Waals surface area contributed by atoms with Crippen molar-refractivity contribution in [1.29, 1.82) is 0 Å². The SMILES string of the molecule is [2H]C([2H])(O)c1ccc(-n2c(-c3cccnc3N)nc3ccc(-c4ccc(F)cc4)nc32)cc1. The van der Waals surface area contributed by atoms with Gasteiger partial charge in [0.15, 0.2) is 11.5 Å². The molecule has 0 spiro atoms. The van der Waals surface area contributed by atoms with E-state index in [-0.39, 0.29) is 11.4 Å². The number of aromatic nitrogens is 4. The van der Waals surface area contributed by atoms with Gasteiger partial charge in [-0.3, -0.25) is 4.57 Å². The van der Waals surface area contributed by atoms with Gasteiger partial charge in [-0.2, -0.15) is 0 Å². The molecule has 0 fully saturated rings. The van der Waals surface area contributed by atoms with E-state index < -0.39 is 6.56 Å². The molecule has 0 aliphatic heterocycles. The molecule has 3 heterocycles. The van der Waals surface area contributed by atoms with Crippen molar-refractivity contribution < 1.29 is 12.2 Å². The first kappa shape index (κ1) is 16.7. The third-order valence-electron chi connectivity index (χ3n) is 4.98. The molecule has 3 aromatic heterocycles. The second-order valence-corrected chi connectivity index (χ2v) is 6.91. The van der Waals surface area contributed by atoms with Gasteiger partial charge in [0.25, 0.3) is 0 Å². The number of fused-ring (bicyclic) bond motifs is 1. The molecule has 0 amide bonds. The second kappa shape index (κ2) is 7.62. The van der Waals surface area contributed by atoms with Gasteiger partial charge in [0.05, 0.1) is 20.6 Å². The molecular formula is C24H18FN5O. The van der Waals surface area contributed by atoms with Crippen LogP contribution in [0.15, 0.2) is 79.0 Å². The number of anilines is 1. The zero-order valence-electron chi connectivity index (χ0n) is 18.2. The number of nitrogen functional groups attached to an aromatic ring is 1. The van der Waals surface area contributed by atoms with Crippen molar-refractivity contribution >= 4 is 17.0 Å². The lowest BCUT2D eigenvalue weighted by Crippen LogP contribution is -2.02. The highest BCUT2D eigenvalue weighted by atomic mass is 19.1. The van der Waals surface area contributed by atoms with Crippen LogP contribution in [0.4, 0.5) is 10.2 Å². The van der Waals surface area contributed by atoms with Crippen LogP contribution in [0.3, 0.4) is 0 Å². The highest BCUT2D eigenvalue weighted by Crippen LogP contribution is 2.31. The molecule has 0 radical (unpaired) electrons. The molecule has 31 heavy (non-hydrogen) atoms. The van der Waals surface area contributed by atoms with Crippen molar-refractivity contribution in [3.05, 3.63) is 90.4 Å². The average Bonchev–Trinajstić information content (AvgIpc) is 3.18. The molecule has 7 heteroatoms. The molecule has 5 rings (SSSR count). The van der Waals surface area contributed by atoms with Gasteiger partial charge in [-0.05, 0) is 66.2 Å². The summed E-state index contributed by atoms with van der Waals surface area (Å²) in [5.41, 5.74) is 10.0. The maximum atomic E-state index is 13.4. The van der Waals surface area contributed by atoms with Crippen LogP contribution in [0, 0.1) is 5.82 Å². The fourth-order valence-electron chi connectivity index (χ4n) is 3.46. The Bertz CT molecular complexity index is 1460. The van der Waals surface area contributed by atoms with Crippen LogP contribution >= 0.6 is 0 Å². The van der Waals surface area contributed by atoms with Gasteiger partial charge in [0.1, 0.15) is 17.2 Å². The van der Waals surface area contributed by atoms with Crippen LogP contribution in [0.1, 0.15) is 8.30 Å². The first-order chi connectivity index (χ1) is 15.8. The van der Waals surface area contributed by atoms with Crippen LogP contribution in [0.25, 0.3) is 39.5 Å². The number of rotatable bonds is 4. The maximum absolute atomic E-state index is 13.4. The molecular weight excluding hydrogens is 393 g/mol. The van der Waals surface area contributed by atoms with E-state index in [1.54, 1.807) is 41.1 Å². The Kier molecular flexibility index (Phi) is 4.10. The molecule has 0 bridgehead atoms. The summed E-state index contributed by atoms with van der Waals surface area (Å²) >= 11 is 0. The highest BCUT2D eigenvalue weighted by Gasteiger charge is 2.18. The Labute approximate surface area is 180 Å². The van der Waals surface area contributed by atoms with E-state index in [1.807, 2.05) is 18.2 Å². The molecule has 2 aromatic carbocycles. The summed E-state index contributed by atoms with van der Waals surface area (Å²) in [6.45, 7) is -2.46. The fraction of sp³-hybridized carbons (Fsp3) is 0.0417. The van der Waals surface area contributed by atoms with Gasteiger partial charge in [0.2, 0.25) is 0 Å². The lowest BCUT2D eigenvalue weighted by Gasteiger charge is -2.11. The summed E-state index contributed by atoms with van der Waals surface area (Å²) in [5.74, 6) is 0.485. The number of benzene rings is 2. The van der Waals surface area contributed by atoms with E-state index in [9.17, 15) is 9.50 Å². The predicted octanol–water partition coefficient (Wildman–Crippen LogP) is 4.36. The Balaban J connectivity index is 1.76. The number of halogens is 1. The third-order valence-corrected chi connectivity index (χ3v) is 4.98. The van der Waals surface area contributed by atoms with Crippen molar-refractivity contribution in [2.24, 2.45) is 0 Å². The first-order valence-electron chi connectivity index (χ1n) is 10.5. The van der Waals surface area contributed by atoms with E-state index in [0.717, 1.165) is 5.56 Å². The van der Waals surface area contributed by atoms with E-state index >= 15 is 0 Å². The standard InChI is InChI=1S/C24H18FN5O/c25-17-7-5-16(6-8-17)20-11-12-21-24(28-20)30(18-9-3-15(14-31)4-10-18)23(29-21)19-2-1-13-27-22(19)26/h1-13,31H,14H2,(H2,26,27)/i14D2. The average molecular weight is 413 g/mol. The minimum atomic E-state index is -2.46. The number of hydrogen-bond acceptors (Lipinski definition) is 5. The van der Waals surface area contributed by atoms with Gasteiger partial charge in [0, 0.05) is 17.4 Å². The molecule has 0 unspecified atom stereocenters. The Morgan fingerprint density at radius 1 is 0.968 bits per heavy atom. The summed E-state index contributed by atoms with van der Waals surface area (Å²) in [6.07, 6.45) is 1.59. The summed E-state index contributed by atoms with van der Waals surface area (Å²) < 4.78 is 30.3. The Morgan fingerprint density at radius 2 is 1.74 bits per heavy atom. The second-order valence-electron chi connectivity index (χ2n) is 6.91. The lowest BCUT2D eigenvalue weighted by atomic mass is 10.1. The number of aliphatic hydroxyl groups is 1. The van der Waals surface area contributed by atoms with Crippen LogP contribution in [-0.4, -0.2) is 24.6 Å². The minimum absolute atomic E-state index is 0.123. The quantitative estimate of drug-likeness (QED) is 0.457. The third kappa shape index (κ3) is 3.41. The topological polar surface area (TPSA) is 89.8 Å². The monoisotopic (exact) mass is 413 g/mol. The lowest BCUT2D eigenvalue weighted by molar-refractivity contribution is 0.282. The zero-order valence-corrected chi connectivity index (χ0v) is 16.2. The van der Waals surface area contributed by atoms with E-state index in [0.29, 0.717) is 39.8 Å². The molecule has 152 valence electrons. The minimum Gasteiger partial charge on any atom is -0.392 e. The van der Waals surface area contributed by atoms with Gasteiger partial charge in [-0.25, -0.2) is 19.3 Å². The molecule has 3 N–H and O–H groups in total. The summed E-state index contributed by atoms with van der Waals surface area (Å²) in [5, 5.41) is 9.68. The van der Waals surface area contributed by atoms with Crippen molar-refractivity contribution in [1.82, 2.24) is 19.5 Å². The van der Waals surface area contributed by atoms with Crippen molar-refractivity contribution in [3.63, 3.8) is 0 Å². The fourth-order valence-corrected chi connectivity index (χ4v) is 3.46. The molecule has 5 aromatic rings. The van der Waals surface area contributed by atoms with Crippen LogP contribution in [0.2, 0.25) is 0 Å². The smallest absolute Gasteiger partial charge is 0.165 e. The number of hydrogen-bond donors (Lipinski definition) is 2. The molecule has 0 aliphatic rings. The van der Waals surface area contributed by atoms with E-state index in [1.165, 1.54) is 24.3 Å². The molecule has 0 saturated heterocycles. The number of pyridine rings is 2. The van der Waals surface area contributed by atoms with E-state index in [2.05, 4.69) is 4.98 Å². The molecule has 6 nitrogen and oxygen atoms in total. The van der Waals surface area contributed by atoms with Crippen molar-refractivity contribution in [2.75, 3.05) is 5.73 Å². The maximum Gasteiger partial charge on any atom is 0.165 e. The van der Waals surface area contributed by atoms with Gasteiger partial charge in [-0.15, -0.1) is 0 Å². The molecule has 0 saturated carbocycles. The highest BCUT2D eigenvalue weighted by molar-refractivity contribution is 5.84.